The first kappa shape index (κ1) is 16.1. The molecule has 0 bridgehead atoms. The van der Waals surface area contributed by atoms with Crippen LogP contribution >= 0.6 is 0 Å². The molecule has 0 spiro atoms. The van der Waals surface area contributed by atoms with Gasteiger partial charge in [0.25, 0.3) is 0 Å². The molecule has 0 aliphatic heterocycles. The van der Waals surface area contributed by atoms with Gasteiger partial charge in [-0.25, -0.2) is 9.78 Å². The van der Waals surface area contributed by atoms with E-state index in [1.54, 1.807) is 6.07 Å². The van der Waals surface area contributed by atoms with E-state index in [4.69, 9.17) is 10.7 Å². The molecule has 1 aromatic carbocycles. The zero-order chi connectivity index (χ0) is 17.4. The third-order valence-corrected chi connectivity index (χ3v) is 4.22. The summed E-state index contributed by atoms with van der Waals surface area (Å²) >= 11 is 0. The van der Waals surface area contributed by atoms with Crippen molar-refractivity contribution in [2.75, 3.05) is 5.73 Å². The minimum absolute atomic E-state index is 0.199. The number of aromatic carboxylic acids is 1. The molecule has 0 atom stereocenters. The number of imidazole rings is 1. The monoisotopic (exact) mass is 323 g/mol. The van der Waals surface area contributed by atoms with Crippen molar-refractivity contribution in [1.29, 1.82) is 0 Å². The number of carboxylic acids is 1. The van der Waals surface area contributed by atoms with E-state index in [1.165, 1.54) is 6.07 Å². The lowest BCUT2D eigenvalue weighted by Gasteiger charge is -2.11. The number of anilines is 1. The van der Waals surface area contributed by atoms with Crippen molar-refractivity contribution in [2.45, 2.75) is 33.6 Å². The van der Waals surface area contributed by atoms with Crippen molar-refractivity contribution in [1.82, 2.24) is 9.38 Å². The Morgan fingerprint density at radius 3 is 2.67 bits per heavy atom. The molecule has 0 amide bonds. The van der Waals surface area contributed by atoms with Gasteiger partial charge in [-0.2, -0.15) is 0 Å². The van der Waals surface area contributed by atoms with E-state index in [1.807, 2.05) is 26.1 Å². The maximum absolute atomic E-state index is 11.2. The predicted octanol–water partition coefficient (Wildman–Crippen LogP) is 3.85. The van der Waals surface area contributed by atoms with Crippen molar-refractivity contribution in [3.63, 3.8) is 0 Å². The predicted molar refractivity (Wildman–Crippen MR) is 95.5 cm³/mol. The number of aryl methyl sites for hydroxylation is 3. The largest absolute Gasteiger partial charge is 0.478 e. The lowest BCUT2D eigenvalue weighted by atomic mass is 9.98. The standard InChI is InChI=1S/C19H21N3O2/c1-4-5-15-18(21-16-8-11(2)6-7-22(15)16)17-12(3)9-13(19(23)24)10-14(17)20/h6-10H,4-5,20H2,1-3H3,(H,23,24). The first-order valence-corrected chi connectivity index (χ1v) is 8.03. The lowest BCUT2D eigenvalue weighted by Crippen LogP contribution is -2.03. The molecule has 3 aromatic rings. The number of nitrogen functional groups attached to an aromatic ring is 1. The number of hydrogen-bond donors (Lipinski definition) is 2. The van der Waals surface area contributed by atoms with Crippen molar-refractivity contribution in [3.8, 4) is 11.3 Å². The molecule has 3 N–H and O–H groups in total. The molecule has 124 valence electrons. The van der Waals surface area contributed by atoms with Crippen LogP contribution in [0.4, 0.5) is 5.69 Å². The number of aromatic nitrogens is 2. The maximum atomic E-state index is 11.2. The first-order chi connectivity index (χ1) is 11.4. The zero-order valence-corrected chi connectivity index (χ0v) is 14.1. The average molecular weight is 323 g/mol. The minimum Gasteiger partial charge on any atom is -0.478 e. The van der Waals surface area contributed by atoms with E-state index < -0.39 is 5.97 Å². The Balaban J connectivity index is 2.29. The number of carboxylic acid groups (broad SMARTS) is 1. The molecule has 3 rings (SSSR count). The molecule has 2 heterocycles. The van der Waals surface area contributed by atoms with Crippen LogP contribution in [0.15, 0.2) is 30.5 Å². The van der Waals surface area contributed by atoms with Gasteiger partial charge in [-0.1, -0.05) is 13.3 Å². The highest BCUT2D eigenvalue weighted by Crippen LogP contribution is 2.34. The number of nitrogens with zero attached hydrogens (tertiary/aromatic N) is 2. The molecule has 2 aromatic heterocycles. The molecular weight excluding hydrogens is 302 g/mol. The molecule has 0 radical (unpaired) electrons. The van der Waals surface area contributed by atoms with Gasteiger partial charge in [0.05, 0.1) is 17.0 Å². The van der Waals surface area contributed by atoms with Crippen LogP contribution in [0, 0.1) is 13.8 Å². The van der Waals surface area contributed by atoms with Gasteiger partial charge < -0.3 is 15.2 Å². The summed E-state index contributed by atoms with van der Waals surface area (Å²) in [7, 11) is 0. The van der Waals surface area contributed by atoms with Gasteiger partial charge in [0.2, 0.25) is 0 Å². The Bertz CT molecular complexity index is 918. The highest BCUT2D eigenvalue weighted by molar-refractivity contribution is 5.92. The number of carbonyl (C=O) groups is 1. The summed E-state index contributed by atoms with van der Waals surface area (Å²) in [6.45, 7) is 6.04. The fourth-order valence-electron chi connectivity index (χ4n) is 3.13. The van der Waals surface area contributed by atoms with Gasteiger partial charge in [0.1, 0.15) is 5.65 Å². The number of benzene rings is 1. The fourth-order valence-corrected chi connectivity index (χ4v) is 3.13. The summed E-state index contributed by atoms with van der Waals surface area (Å²) in [5, 5.41) is 9.20. The summed E-state index contributed by atoms with van der Waals surface area (Å²) in [6, 6.07) is 7.26. The second kappa shape index (κ2) is 6.00. The normalized spacial score (nSPS) is 11.1. The van der Waals surface area contributed by atoms with Crippen LogP contribution in [-0.4, -0.2) is 20.5 Å². The van der Waals surface area contributed by atoms with Gasteiger partial charge in [-0.3, -0.25) is 0 Å². The third-order valence-electron chi connectivity index (χ3n) is 4.22. The highest BCUT2D eigenvalue weighted by Gasteiger charge is 2.19. The number of fused-ring (bicyclic) bond motifs is 1. The van der Waals surface area contributed by atoms with Crippen LogP contribution in [0.2, 0.25) is 0 Å². The second-order valence-electron chi connectivity index (χ2n) is 6.15. The number of pyridine rings is 1. The molecule has 24 heavy (non-hydrogen) atoms. The van der Waals surface area contributed by atoms with Crippen LogP contribution in [0.3, 0.4) is 0 Å². The maximum Gasteiger partial charge on any atom is 0.335 e. The number of rotatable bonds is 4. The van der Waals surface area contributed by atoms with Gasteiger partial charge in [0, 0.05) is 17.4 Å². The Morgan fingerprint density at radius 2 is 2.04 bits per heavy atom. The fraction of sp³-hybridized carbons (Fsp3) is 0.263. The van der Waals surface area contributed by atoms with E-state index in [-0.39, 0.29) is 5.56 Å². The van der Waals surface area contributed by atoms with Crippen LogP contribution in [0.1, 0.15) is 40.5 Å². The summed E-state index contributed by atoms with van der Waals surface area (Å²) in [5.41, 5.74) is 12.5. The van der Waals surface area contributed by atoms with E-state index in [9.17, 15) is 9.90 Å². The van der Waals surface area contributed by atoms with Gasteiger partial charge in [-0.05, 0) is 55.7 Å². The van der Waals surface area contributed by atoms with Gasteiger partial charge in [0.15, 0.2) is 0 Å². The summed E-state index contributed by atoms with van der Waals surface area (Å²) in [4.78, 5) is 16.0. The van der Waals surface area contributed by atoms with Crippen molar-refractivity contribution in [3.05, 3.63) is 52.8 Å². The molecule has 0 unspecified atom stereocenters. The molecular formula is C19H21N3O2. The van der Waals surface area contributed by atoms with Crippen molar-refractivity contribution in [2.24, 2.45) is 0 Å². The quantitative estimate of drug-likeness (QED) is 0.715. The second-order valence-corrected chi connectivity index (χ2v) is 6.15. The zero-order valence-electron chi connectivity index (χ0n) is 14.1. The minimum atomic E-state index is -0.976. The van der Waals surface area contributed by atoms with Crippen LogP contribution in [0.5, 0.6) is 0 Å². The van der Waals surface area contributed by atoms with E-state index >= 15 is 0 Å². The Kier molecular flexibility index (Phi) is 4.01. The van der Waals surface area contributed by atoms with E-state index in [2.05, 4.69) is 17.4 Å². The van der Waals surface area contributed by atoms with Gasteiger partial charge in [-0.15, -0.1) is 0 Å². The van der Waals surface area contributed by atoms with Crippen molar-refractivity contribution >= 4 is 17.3 Å². The van der Waals surface area contributed by atoms with Crippen LogP contribution in [-0.2, 0) is 6.42 Å². The summed E-state index contributed by atoms with van der Waals surface area (Å²) in [5.74, 6) is -0.976. The van der Waals surface area contributed by atoms with Crippen LogP contribution < -0.4 is 5.73 Å². The number of nitrogens with two attached hydrogens (primary N) is 1. The summed E-state index contributed by atoms with van der Waals surface area (Å²) < 4.78 is 2.09. The first-order valence-electron chi connectivity index (χ1n) is 8.03. The SMILES string of the molecule is CCCc1c(-c2c(C)cc(C(=O)O)cc2N)nc2cc(C)ccn12. The topological polar surface area (TPSA) is 80.6 Å². The van der Waals surface area contributed by atoms with Gasteiger partial charge >= 0.3 is 5.97 Å². The molecule has 0 aliphatic rings. The molecule has 0 saturated carbocycles. The Hall–Kier alpha value is -2.82. The molecule has 0 aliphatic carbocycles. The third kappa shape index (κ3) is 2.62. The Morgan fingerprint density at radius 1 is 1.29 bits per heavy atom. The molecule has 0 fully saturated rings. The van der Waals surface area contributed by atoms with Crippen LogP contribution in [0.25, 0.3) is 16.9 Å². The molecule has 0 saturated heterocycles. The molecule has 5 nitrogen and oxygen atoms in total. The molecule has 5 heteroatoms. The Labute approximate surface area is 140 Å². The lowest BCUT2D eigenvalue weighted by molar-refractivity contribution is 0.0697. The number of hydrogen-bond acceptors (Lipinski definition) is 3. The average Bonchev–Trinajstić information content (AvgIpc) is 2.84. The highest BCUT2D eigenvalue weighted by atomic mass is 16.4. The van der Waals surface area contributed by atoms with E-state index in [0.717, 1.165) is 46.6 Å². The van der Waals surface area contributed by atoms with Crippen molar-refractivity contribution < 1.29 is 9.90 Å². The summed E-state index contributed by atoms with van der Waals surface area (Å²) in [6.07, 6.45) is 3.89. The van der Waals surface area contributed by atoms with E-state index in [0.29, 0.717) is 5.69 Å². The smallest absolute Gasteiger partial charge is 0.335 e.